The van der Waals surface area contributed by atoms with Gasteiger partial charge >= 0.3 is 5.97 Å². The summed E-state index contributed by atoms with van der Waals surface area (Å²) in [6.45, 7) is 3.97. The van der Waals surface area contributed by atoms with Crippen LogP contribution in [0.5, 0.6) is 5.75 Å². The molecule has 0 unspecified atom stereocenters. The SMILES string of the molecule is CCOCc1cc(C(=O)O[C@@H](C)C(=O)Nc2ccc(F)c(F)c2)ccc1OC. The van der Waals surface area contributed by atoms with E-state index in [1.165, 1.54) is 26.2 Å². The van der Waals surface area contributed by atoms with Crippen molar-refractivity contribution in [2.24, 2.45) is 0 Å². The van der Waals surface area contributed by atoms with E-state index in [1.807, 2.05) is 6.92 Å². The zero-order valence-electron chi connectivity index (χ0n) is 15.8. The quantitative estimate of drug-likeness (QED) is 0.693. The molecule has 0 radical (unpaired) electrons. The molecule has 8 heteroatoms. The zero-order valence-corrected chi connectivity index (χ0v) is 15.8. The molecule has 0 bridgehead atoms. The van der Waals surface area contributed by atoms with E-state index in [1.54, 1.807) is 12.1 Å². The Balaban J connectivity index is 2.04. The Morgan fingerprint density at radius 3 is 2.50 bits per heavy atom. The Kier molecular flexibility index (Phi) is 7.45. The van der Waals surface area contributed by atoms with Crippen molar-refractivity contribution in [1.29, 1.82) is 0 Å². The molecule has 2 aromatic rings. The molecule has 1 N–H and O–H groups in total. The predicted octanol–water partition coefficient (Wildman–Crippen LogP) is 3.69. The number of carbonyl (C=O) groups is 2. The molecule has 28 heavy (non-hydrogen) atoms. The lowest BCUT2D eigenvalue weighted by Gasteiger charge is -2.15. The first kappa shape index (κ1) is 21.3. The molecule has 0 aromatic heterocycles. The van der Waals surface area contributed by atoms with Gasteiger partial charge in [0.25, 0.3) is 5.91 Å². The normalized spacial score (nSPS) is 11.6. The van der Waals surface area contributed by atoms with Crippen molar-refractivity contribution < 1.29 is 32.6 Å². The molecule has 1 amide bonds. The molecular weight excluding hydrogens is 372 g/mol. The fraction of sp³-hybridized carbons (Fsp3) is 0.300. The molecule has 2 rings (SSSR count). The van der Waals surface area contributed by atoms with Gasteiger partial charge in [-0.15, -0.1) is 0 Å². The van der Waals surface area contributed by atoms with Crippen molar-refractivity contribution in [3.63, 3.8) is 0 Å². The van der Waals surface area contributed by atoms with Gasteiger partial charge in [-0.25, -0.2) is 13.6 Å². The van der Waals surface area contributed by atoms with Crippen LogP contribution in [-0.4, -0.2) is 31.7 Å². The summed E-state index contributed by atoms with van der Waals surface area (Å²) in [7, 11) is 1.51. The van der Waals surface area contributed by atoms with Crippen molar-refractivity contribution >= 4 is 17.6 Å². The third-order valence-corrected chi connectivity index (χ3v) is 3.82. The molecule has 0 fully saturated rings. The van der Waals surface area contributed by atoms with Gasteiger partial charge in [0.05, 0.1) is 19.3 Å². The van der Waals surface area contributed by atoms with E-state index in [2.05, 4.69) is 5.32 Å². The van der Waals surface area contributed by atoms with Gasteiger partial charge in [0, 0.05) is 23.9 Å². The predicted molar refractivity (Wildman–Crippen MR) is 98.2 cm³/mol. The molecular formula is C20H21F2NO5. The molecule has 6 nitrogen and oxygen atoms in total. The number of anilines is 1. The van der Waals surface area contributed by atoms with Crippen molar-refractivity contribution in [2.45, 2.75) is 26.6 Å². The largest absolute Gasteiger partial charge is 0.496 e. The minimum Gasteiger partial charge on any atom is -0.496 e. The molecule has 150 valence electrons. The molecule has 0 spiro atoms. The summed E-state index contributed by atoms with van der Waals surface area (Å²) in [6.07, 6.45) is -1.15. The number of rotatable bonds is 8. The van der Waals surface area contributed by atoms with Gasteiger partial charge in [-0.2, -0.15) is 0 Å². The Labute approximate surface area is 161 Å². The maximum absolute atomic E-state index is 13.2. The number of carbonyl (C=O) groups excluding carboxylic acids is 2. The van der Waals surface area contributed by atoms with Gasteiger partial charge < -0.3 is 19.5 Å². The number of hydrogen-bond donors (Lipinski definition) is 1. The smallest absolute Gasteiger partial charge is 0.338 e. The van der Waals surface area contributed by atoms with Gasteiger partial charge in [0.1, 0.15) is 5.75 Å². The Bertz CT molecular complexity index is 856. The lowest BCUT2D eigenvalue weighted by Crippen LogP contribution is -2.30. The molecule has 0 aliphatic heterocycles. The molecule has 0 saturated carbocycles. The van der Waals surface area contributed by atoms with Crippen molar-refractivity contribution in [3.05, 3.63) is 59.2 Å². The van der Waals surface area contributed by atoms with Crippen molar-refractivity contribution in [2.75, 3.05) is 19.0 Å². The third kappa shape index (κ3) is 5.50. The summed E-state index contributed by atoms with van der Waals surface area (Å²) in [6, 6.07) is 7.61. The molecule has 1 atom stereocenters. The number of esters is 1. The highest BCUT2D eigenvalue weighted by atomic mass is 19.2. The van der Waals surface area contributed by atoms with Crippen LogP contribution in [0.4, 0.5) is 14.5 Å². The van der Waals surface area contributed by atoms with E-state index in [4.69, 9.17) is 14.2 Å². The van der Waals surface area contributed by atoms with E-state index in [9.17, 15) is 18.4 Å². The summed E-state index contributed by atoms with van der Waals surface area (Å²) in [5, 5.41) is 2.36. The number of halogens is 2. The summed E-state index contributed by atoms with van der Waals surface area (Å²) in [5.41, 5.74) is 0.941. The topological polar surface area (TPSA) is 73.9 Å². The van der Waals surface area contributed by atoms with Crippen molar-refractivity contribution in [3.8, 4) is 5.75 Å². The second kappa shape index (κ2) is 9.80. The first-order chi connectivity index (χ1) is 13.3. The number of hydrogen-bond acceptors (Lipinski definition) is 5. The lowest BCUT2D eigenvalue weighted by atomic mass is 10.1. The van der Waals surface area contributed by atoms with Crippen LogP contribution in [0.25, 0.3) is 0 Å². The Hall–Kier alpha value is -3.00. The highest BCUT2D eigenvalue weighted by Gasteiger charge is 2.20. The molecule has 0 aliphatic rings. The average Bonchev–Trinajstić information content (AvgIpc) is 2.68. The second-order valence-electron chi connectivity index (χ2n) is 5.83. The monoisotopic (exact) mass is 393 g/mol. The maximum atomic E-state index is 13.2. The minimum atomic E-state index is -1.15. The van der Waals surface area contributed by atoms with Gasteiger partial charge in [-0.1, -0.05) is 0 Å². The standard InChI is InChI=1S/C20H21F2NO5/c1-4-27-11-14-9-13(5-8-18(14)26-3)20(25)28-12(2)19(24)23-15-6-7-16(21)17(22)10-15/h5-10,12H,4,11H2,1-3H3,(H,23,24)/t12-/m0/s1. The van der Waals surface area contributed by atoms with Crippen LogP contribution in [0, 0.1) is 11.6 Å². The van der Waals surface area contributed by atoms with Crippen molar-refractivity contribution in [1.82, 2.24) is 0 Å². The van der Waals surface area contributed by atoms with E-state index in [-0.39, 0.29) is 17.9 Å². The fourth-order valence-corrected chi connectivity index (χ4v) is 2.33. The molecule has 2 aromatic carbocycles. The van der Waals surface area contributed by atoms with Crippen LogP contribution in [0.3, 0.4) is 0 Å². The summed E-state index contributed by atoms with van der Waals surface area (Å²) >= 11 is 0. The molecule has 0 aliphatic carbocycles. The van der Waals surface area contributed by atoms with Crippen LogP contribution < -0.4 is 10.1 Å². The van der Waals surface area contributed by atoms with Crippen LogP contribution in [0.15, 0.2) is 36.4 Å². The van der Waals surface area contributed by atoms with E-state index in [0.29, 0.717) is 17.9 Å². The highest BCUT2D eigenvalue weighted by Crippen LogP contribution is 2.22. The average molecular weight is 393 g/mol. The number of ether oxygens (including phenoxy) is 3. The van der Waals surface area contributed by atoms with Crippen LogP contribution in [0.2, 0.25) is 0 Å². The maximum Gasteiger partial charge on any atom is 0.338 e. The van der Waals surface area contributed by atoms with Crippen LogP contribution in [-0.2, 0) is 20.9 Å². The third-order valence-electron chi connectivity index (χ3n) is 3.82. The van der Waals surface area contributed by atoms with E-state index < -0.39 is 29.6 Å². The summed E-state index contributed by atoms with van der Waals surface area (Å²) < 4.78 is 41.9. The van der Waals surface area contributed by atoms with E-state index >= 15 is 0 Å². The number of amides is 1. The fourth-order valence-electron chi connectivity index (χ4n) is 2.33. The van der Waals surface area contributed by atoms with Crippen LogP contribution in [0.1, 0.15) is 29.8 Å². The van der Waals surface area contributed by atoms with E-state index in [0.717, 1.165) is 12.1 Å². The Morgan fingerprint density at radius 1 is 1.11 bits per heavy atom. The Morgan fingerprint density at radius 2 is 1.86 bits per heavy atom. The number of benzene rings is 2. The second-order valence-corrected chi connectivity index (χ2v) is 5.83. The summed E-state index contributed by atoms with van der Waals surface area (Å²) in [4.78, 5) is 24.5. The first-order valence-electron chi connectivity index (χ1n) is 8.57. The molecule has 0 heterocycles. The molecule has 0 saturated heterocycles. The lowest BCUT2D eigenvalue weighted by molar-refractivity contribution is -0.123. The van der Waals surface area contributed by atoms with Gasteiger partial charge in [-0.3, -0.25) is 4.79 Å². The van der Waals surface area contributed by atoms with Gasteiger partial charge in [0.2, 0.25) is 0 Å². The van der Waals surface area contributed by atoms with Crippen LogP contribution >= 0.6 is 0 Å². The number of nitrogens with one attached hydrogen (secondary N) is 1. The van der Waals surface area contributed by atoms with Gasteiger partial charge in [0.15, 0.2) is 17.7 Å². The minimum absolute atomic E-state index is 0.0512. The first-order valence-corrected chi connectivity index (χ1v) is 8.57. The zero-order chi connectivity index (χ0) is 20.7. The number of methoxy groups -OCH3 is 1. The van der Waals surface area contributed by atoms with Gasteiger partial charge in [-0.05, 0) is 44.2 Å². The summed E-state index contributed by atoms with van der Waals surface area (Å²) in [5.74, 6) is -2.95. The highest BCUT2D eigenvalue weighted by molar-refractivity contribution is 5.97.